The van der Waals surface area contributed by atoms with Gasteiger partial charge < -0.3 is 5.73 Å². The molecule has 0 aliphatic rings. The van der Waals surface area contributed by atoms with Gasteiger partial charge in [0, 0.05) is 13.2 Å². The third-order valence-corrected chi connectivity index (χ3v) is 2.58. The Bertz CT molecular complexity index is 356. The Labute approximate surface area is 89.9 Å². The molecule has 5 nitrogen and oxygen atoms in total. The predicted octanol–water partition coefficient (Wildman–Crippen LogP) is 1.06. The van der Waals surface area contributed by atoms with E-state index in [1.165, 1.54) is 26.6 Å². The summed E-state index contributed by atoms with van der Waals surface area (Å²) in [5.41, 5.74) is 6.37. The normalized spacial score (nSPS) is 9.93. The second-order valence-electron chi connectivity index (χ2n) is 2.58. The molecule has 0 radical (unpaired) electrons. The maximum absolute atomic E-state index is 11.6. The minimum atomic E-state index is -0.306. The van der Waals surface area contributed by atoms with Crippen LogP contribution >= 0.6 is 15.9 Å². The van der Waals surface area contributed by atoms with Crippen LogP contribution in [0.25, 0.3) is 0 Å². The SMILES string of the molecule is CON(C)C(=O)c1cncc(N)c1Br. The van der Waals surface area contributed by atoms with E-state index < -0.39 is 0 Å². The van der Waals surface area contributed by atoms with E-state index in [9.17, 15) is 4.79 Å². The van der Waals surface area contributed by atoms with Gasteiger partial charge >= 0.3 is 0 Å². The molecule has 1 aromatic rings. The van der Waals surface area contributed by atoms with Crippen LogP contribution in [0.3, 0.4) is 0 Å². The fourth-order valence-electron chi connectivity index (χ4n) is 0.863. The zero-order valence-electron chi connectivity index (χ0n) is 7.82. The van der Waals surface area contributed by atoms with Gasteiger partial charge in [-0.25, -0.2) is 5.06 Å². The van der Waals surface area contributed by atoms with Gasteiger partial charge in [-0.3, -0.25) is 14.6 Å². The maximum Gasteiger partial charge on any atom is 0.279 e. The Kier molecular flexibility index (Phi) is 3.43. The number of carbonyl (C=O) groups excluding carboxylic acids is 1. The Hall–Kier alpha value is -1.14. The second-order valence-corrected chi connectivity index (χ2v) is 3.37. The van der Waals surface area contributed by atoms with E-state index in [4.69, 9.17) is 10.6 Å². The van der Waals surface area contributed by atoms with Crippen LogP contribution in [-0.4, -0.2) is 30.1 Å². The molecule has 0 atom stereocenters. The highest BCUT2D eigenvalue weighted by Gasteiger charge is 2.16. The van der Waals surface area contributed by atoms with E-state index in [-0.39, 0.29) is 5.91 Å². The highest BCUT2D eigenvalue weighted by atomic mass is 79.9. The van der Waals surface area contributed by atoms with Crippen molar-refractivity contribution in [2.24, 2.45) is 0 Å². The van der Waals surface area contributed by atoms with Crippen LogP contribution in [0, 0.1) is 0 Å². The van der Waals surface area contributed by atoms with Crippen molar-refractivity contribution in [3.05, 3.63) is 22.4 Å². The number of halogens is 1. The van der Waals surface area contributed by atoms with Crippen LogP contribution < -0.4 is 5.73 Å². The molecule has 0 aliphatic heterocycles. The Balaban J connectivity index is 3.07. The summed E-state index contributed by atoms with van der Waals surface area (Å²) in [6.07, 6.45) is 2.89. The Morgan fingerprint density at radius 3 is 2.86 bits per heavy atom. The van der Waals surface area contributed by atoms with Crippen LogP contribution in [0.4, 0.5) is 5.69 Å². The number of amides is 1. The number of hydrogen-bond donors (Lipinski definition) is 1. The number of anilines is 1. The van der Waals surface area contributed by atoms with Crippen molar-refractivity contribution in [1.82, 2.24) is 10.0 Å². The first kappa shape index (κ1) is 10.9. The van der Waals surface area contributed by atoms with Gasteiger partial charge in [0.25, 0.3) is 5.91 Å². The van der Waals surface area contributed by atoms with E-state index in [1.807, 2.05) is 0 Å². The molecule has 0 aromatic carbocycles. The van der Waals surface area contributed by atoms with Crippen molar-refractivity contribution in [3.8, 4) is 0 Å². The van der Waals surface area contributed by atoms with Crippen molar-refractivity contribution < 1.29 is 9.63 Å². The minimum Gasteiger partial charge on any atom is -0.397 e. The first-order valence-corrected chi connectivity index (χ1v) is 4.58. The van der Waals surface area contributed by atoms with Crippen LogP contribution in [0.2, 0.25) is 0 Å². The lowest BCUT2D eigenvalue weighted by atomic mass is 10.2. The smallest absolute Gasteiger partial charge is 0.279 e. The molecular weight excluding hydrogens is 250 g/mol. The second kappa shape index (κ2) is 4.39. The first-order chi connectivity index (χ1) is 6.57. The van der Waals surface area contributed by atoms with Gasteiger partial charge in [0.05, 0.1) is 29.0 Å². The van der Waals surface area contributed by atoms with E-state index in [1.54, 1.807) is 0 Å². The van der Waals surface area contributed by atoms with Crippen LogP contribution in [0.5, 0.6) is 0 Å². The lowest BCUT2D eigenvalue weighted by molar-refractivity contribution is -0.0757. The molecule has 2 N–H and O–H groups in total. The molecule has 1 aromatic heterocycles. The number of carbonyl (C=O) groups is 1. The van der Waals surface area contributed by atoms with E-state index in [0.717, 1.165) is 5.06 Å². The predicted molar refractivity (Wildman–Crippen MR) is 55.5 cm³/mol. The molecule has 14 heavy (non-hydrogen) atoms. The zero-order chi connectivity index (χ0) is 10.7. The molecule has 1 rings (SSSR count). The lowest BCUT2D eigenvalue weighted by Crippen LogP contribution is -2.26. The average Bonchev–Trinajstić information content (AvgIpc) is 2.20. The van der Waals surface area contributed by atoms with Crippen molar-refractivity contribution in [2.45, 2.75) is 0 Å². The van der Waals surface area contributed by atoms with E-state index >= 15 is 0 Å². The maximum atomic E-state index is 11.6. The highest BCUT2D eigenvalue weighted by Crippen LogP contribution is 2.23. The van der Waals surface area contributed by atoms with Gasteiger partial charge in [-0.2, -0.15) is 0 Å². The molecule has 0 spiro atoms. The number of pyridine rings is 1. The summed E-state index contributed by atoms with van der Waals surface area (Å²) in [6.45, 7) is 0. The topological polar surface area (TPSA) is 68.5 Å². The van der Waals surface area contributed by atoms with Gasteiger partial charge in [-0.1, -0.05) is 0 Å². The summed E-state index contributed by atoms with van der Waals surface area (Å²) in [5, 5.41) is 1.10. The van der Waals surface area contributed by atoms with Gasteiger partial charge in [-0.05, 0) is 15.9 Å². The zero-order valence-corrected chi connectivity index (χ0v) is 9.41. The molecule has 1 heterocycles. The van der Waals surface area contributed by atoms with E-state index in [0.29, 0.717) is 15.7 Å². The number of hydroxylamine groups is 2. The van der Waals surface area contributed by atoms with Crippen molar-refractivity contribution in [3.63, 3.8) is 0 Å². The quantitative estimate of drug-likeness (QED) is 0.807. The summed E-state index contributed by atoms with van der Waals surface area (Å²) in [4.78, 5) is 20.2. The summed E-state index contributed by atoms with van der Waals surface area (Å²) in [6, 6.07) is 0. The molecule has 0 fully saturated rings. The minimum absolute atomic E-state index is 0.306. The number of rotatable bonds is 2. The van der Waals surface area contributed by atoms with Gasteiger partial charge in [0.2, 0.25) is 0 Å². The summed E-state index contributed by atoms with van der Waals surface area (Å²) in [7, 11) is 2.92. The average molecular weight is 260 g/mol. The summed E-state index contributed by atoms with van der Waals surface area (Å²) in [5.74, 6) is -0.306. The molecule has 0 saturated carbocycles. The molecule has 0 unspecified atom stereocenters. The van der Waals surface area contributed by atoms with Crippen molar-refractivity contribution in [1.29, 1.82) is 0 Å². The third-order valence-electron chi connectivity index (χ3n) is 1.70. The highest BCUT2D eigenvalue weighted by molar-refractivity contribution is 9.10. The molecule has 0 bridgehead atoms. The monoisotopic (exact) mass is 259 g/mol. The lowest BCUT2D eigenvalue weighted by Gasteiger charge is -2.14. The van der Waals surface area contributed by atoms with Gasteiger partial charge in [-0.15, -0.1) is 0 Å². The Morgan fingerprint density at radius 1 is 1.64 bits per heavy atom. The molecule has 6 heteroatoms. The Morgan fingerprint density at radius 2 is 2.29 bits per heavy atom. The fourth-order valence-corrected chi connectivity index (χ4v) is 1.24. The molecular formula is C8H10BrN3O2. The summed E-state index contributed by atoms with van der Waals surface area (Å²) >= 11 is 3.21. The number of nitrogens with two attached hydrogens (primary N) is 1. The van der Waals surface area contributed by atoms with Gasteiger partial charge in [0.1, 0.15) is 0 Å². The third kappa shape index (κ3) is 2.02. The van der Waals surface area contributed by atoms with E-state index in [2.05, 4.69) is 20.9 Å². The standard InChI is InChI=1S/C8H10BrN3O2/c1-12(14-2)8(13)5-3-11-4-6(10)7(5)9/h3-4H,10H2,1-2H3. The van der Waals surface area contributed by atoms with Gasteiger partial charge in [0.15, 0.2) is 0 Å². The molecule has 0 aliphatic carbocycles. The molecule has 0 saturated heterocycles. The molecule has 76 valence electrons. The fraction of sp³-hybridized carbons (Fsp3) is 0.250. The number of hydrogen-bond acceptors (Lipinski definition) is 4. The van der Waals surface area contributed by atoms with Crippen molar-refractivity contribution in [2.75, 3.05) is 19.9 Å². The van der Waals surface area contributed by atoms with Crippen molar-refractivity contribution >= 4 is 27.5 Å². The summed E-state index contributed by atoms with van der Waals surface area (Å²) < 4.78 is 0.529. The first-order valence-electron chi connectivity index (χ1n) is 3.79. The molecule has 1 amide bonds. The largest absolute Gasteiger partial charge is 0.397 e. The number of nitrogen functional groups attached to an aromatic ring is 1. The van der Waals surface area contributed by atoms with Crippen LogP contribution in [0.15, 0.2) is 16.9 Å². The van der Waals surface area contributed by atoms with Crippen LogP contribution in [0.1, 0.15) is 10.4 Å². The number of nitrogens with zero attached hydrogens (tertiary/aromatic N) is 2. The number of aromatic nitrogens is 1. The van der Waals surface area contributed by atoms with Crippen LogP contribution in [-0.2, 0) is 4.84 Å².